The number of carbonyl (C=O) groups excluding carboxylic acids is 1. The smallest absolute Gasteiger partial charge is 0.323 e. The molecule has 1 aliphatic rings. The summed E-state index contributed by atoms with van der Waals surface area (Å²) in [6, 6.07) is 6.40. The normalized spacial score (nSPS) is 19.8. The summed E-state index contributed by atoms with van der Waals surface area (Å²) in [5, 5.41) is 0. The van der Waals surface area contributed by atoms with Gasteiger partial charge in [-0.1, -0.05) is 12.1 Å². The highest BCUT2D eigenvalue weighted by atomic mass is 19.1. The maximum Gasteiger partial charge on any atom is 0.323 e. The van der Waals surface area contributed by atoms with Crippen LogP contribution in [0.1, 0.15) is 12.0 Å². The number of ether oxygens (including phenoxy) is 1. The van der Waals surface area contributed by atoms with E-state index in [0.717, 1.165) is 31.5 Å². The van der Waals surface area contributed by atoms with Gasteiger partial charge in [-0.15, -0.1) is 0 Å². The molecule has 1 saturated heterocycles. The van der Waals surface area contributed by atoms with Gasteiger partial charge in [0.15, 0.2) is 0 Å². The van der Waals surface area contributed by atoms with Crippen molar-refractivity contribution in [3.05, 3.63) is 35.6 Å². The molecule has 1 aromatic rings. The summed E-state index contributed by atoms with van der Waals surface area (Å²) >= 11 is 0. The second-order valence-electron chi connectivity index (χ2n) is 4.24. The fraction of sp³-hybridized carbons (Fsp3) is 0.462. The van der Waals surface area contributed by atoms with Gasteiger partial charge in [0, 0.05) is 13.1 Å². The molecular formula is C13H16FNO2. The molecule has 0 spiro atoms. The Bertz CT molecular complexity index is 391. The van der Waals surface area contributed by atoms with Gasteiger partial charge in [-0.2, -0.15) is 0 Å². The third kappa shape index (κ3) is 2.82. The Hall–Kier alpha value is -1.42. The highest BCUT2D eigenvalue weighted by Crippen LogP contribution is 2.19. The van der Waals surface area contributed by atoms with E-state index >= 15 is 0 Å². The number of methoxy groups -OCH3 is 1. The molecule has 0 radical (unpaired) electrons. The molecule has 0 saturated carbocycles. The molecule has 0 aromatic heterocycles. The minimum Gasteiger partial charge on any atom is -0.468 e. The topological polar surface area (TPSA) is 29.5 Å². The minimum absolute atomic E-state index is 0.0829. The largest absolute Gasteiger partial charge is 0.468 e. The third-order valence-corrected chi connectivity index (χ3v) is 3.20. The first-order valence-corrected chi connectivity index (χ1v) is 5.77. The van der Waals surface area contributed by atoms with Crippen LogP contribution < -0.4 is 0 Å². The van der Waals surface area contributed by atoms with E-state index in [1.807, 2.05) is 0 Å². The summed E-state index contributed by atoms with van der Waals surface area (Å²) in [6.45, 7) is 1.74. The lowest BCUT2D eigenvalue weighted by molar-refractivity contribution is -0.151. The Morgan fingerprint density at radius 3 is 2.71 bits per heavy atom. The highest BCUT2D eigenvalue weighted by molar-refractivity contribution is 5.76. The van der Waals surface area contributed by atoms with Crippen molar-refractivity contribution in [1.82, 2.24) is 4.90 Å². The van der Waals surface area contributed by atoms with Crippen LogP contribution in [0.3, 0.4) is 0 Å². The summed E-state index contributed by atoms with van der Waals surface area (Å²) < 4.78 is 17.4. The van der Waals surface area contributed by atoms with Gasteiger partial charge in [0.25, 0.3) is 0 Å². The number of nitrogens with zero attached hydrogens (tertiary/aromatic N) is 1. The van der Waals surface area contributed by atoms with Crippen LogP contribution in [-0.4, -0.2) is 37.1 Å². The maximum absolute atomic E-state index is 12.7. The van der Waals surface area contributed by atoms with Crippen LogP contribution in [0.5, 0.6) is 0 Å². The Labute approximate surface area is 100 Å². The molecule has 0 aliphatic carbocycles. The van der Waals surface area contributed by atoms with E-state index in [4.69, 9.17) is 4.74 Å². The van der Waals surface area contributed by atoms with Crippen molar-refractivity contribution in [3.63, 3.8) is 0 Å². The van der Waals surface area contributed by atoms with Crippen LogP contribution in [0.2, 0.25) is 0 Å². The zero-order valence-electron chi connectivity index (χ0n) is 9.86. The number of esters is 1. The fourth-order valence-corrected chi connectivity index (χ4v) is 2.04. The zero-order valence-corrected chi connectivity index (χ0v) is 9.86. The average Bonchev–Trinajstić information content (AvgIpc) is 2.30. The number of hydrogen-bond acceptors (Lipinski definition) is 3. The SMILES string of the molecule is COC(=O)C1CCN1CCc1ccc(F)cc1. The molecular weight excluding hydrogens is 221 g/mol. The summed E-state index contributed by atoms with van der Waals surface area (Å²) in [7, 11) is 1.42. The quantitative estimate of drug-likeness (QED) is 0.745. The van der Waals surface area contributed by atoms with Gasteiger partial charge in [-0.3, -0.25) is 9.69 Å². The van der Waals surface area contributed by atoms with E-state index < -0.39 is 0 Å². The first-order valence-electron chi connectivity index (χ1n) is 5.77. The highest BCUT2D eigenvalue weighted by Gasteiger charge is 2.34. The van der Waals surface area contributed by atoms with Gasteiger partial charge >= 0.3 is 5.97 Å². The van der Waals surface area contributed by atoms with E-state index in [9.17, 15) is 9.18 Å². The predicted octanol–water partition coefficient (Wildman–Crippen LogP) is 1.62. The van der Waals surface area contributed by atoms with Crippen molar-refractivity contribution in [2.75, 3.05) is 20.2 Å². The minimum atomic E-state index is -0.217. The molecule has 0 bridgehead atoms. The van der Waals surface area contributed by atoms with E-state index in [-0.39, 0.29) is 17.8 Å². The van der Waals surface area contributed by atoms with Gasteiger partial charge in [-0.05, 0) is 30.5 Å². The number of rotatable bonds is 4. The second-order valence-corrected chi connectivity index (χ2v) is 4.24. The van der Waals surface area contributed by atoms with Crippen LogP contribution in [-0.2, 0) is 16.0 Å². The molecule has 1 fully saturated rings. The summed E-state index contributed by atoms with van der Waals surface area (Å²) in [5.41, 5.74) is 1.09. The Morgan fingerprint density at radius 2 is 2.18 bits per heavy atom. The number of halogens is 1. The van der Waals surface area contributed by atoms with Gasteiger partial charge < -0.3 is 4.74 Å². The van der Waals surface area contributed by atoms with Crippen LogP contribution in [0.15, 0.2) is 24.3 Å². The Morgan fingerprint density at radius 1 is 1.47 bits per heavy atom. The van der Waals surface area contributed by atoms with E-state index in [1.54, 1.807) is 12.1 Å². The van der Waals surface area contributed by atoms with Crippen LogP contribution in [0.25, 0.3) is 0 Å². The van der Waals surface area contributed by atoms with Crippen molar-refractivity contribution in [2.24, 2.45) is 0 Å². The van der Waals surface area contributed by atoms with E-state index in [0.29, 0.717) is 0 Å². The average molecular weight is 237 g/mol. The lowest BCUT2D eigenvalue weighted by atomic mass is 10.0. The molecule has 92 valence electrons. The fourth-order valence-electron chi connectivity index (χ4n) is 2.04. The lowest BCUT2D eigenvalue weighted by Gasteiger charge is -2.38. The molecule has 3 nitrogen and oxygen atoms in total. The van der Waals surface area contributed by atoms with Crippen molar-refractivity contribution >= 4 is 5.97 Å². The van der Waals surface area contributed by atoms with Gasteiger partial charge in [-0.25, -0.2) is 4.39 Å². The van der Waals surface area contributed by atoms with Gasteiger partial charge in [0.05, 0.1) is 7.11 Å². The number of likely N-dealkylation sites (tertiary alicyclic amines) is 1. The number of benzene rings is 1. The molecule has 17 heavy (non-hydrogen) atoms. The first-order chi connectivity index (χ1) is 8.20. The molecule has 4 heteroatoms. The second kappa shape index (κ2) is 5.27. The molecule has 1 aromatic carbocycles. The van der Waals surface area contributed by atoms with Crippen LogP contribution in [0.4, 0.5) is 4.39 Å². The lowest BCUT2D eigenvalue weighted by Crippen LogP contribution is -2.53. The molecule has 1 aliphatic heterocycles. The number of carbonyl (C=O) groups is 1. The van der Waals surface area contributed by atoms with Crippen molar-refractivity contribution in [3.8, 4) is 0 Å². The van der Waals surface area contributed by atoms with Crippen molar-refractivity contribution in [2.45, 2.75) is 18.9 Å². The summed E-state index contributed by atoms with van der Waals surface area (Å²) in [5.74, 6) is -0.375. The first kappa shape index (κ1) is 12.0. The van der Waals surface area contributed by atoms with Crippen molar-refractivity contribution in [1.29, 1.82) is 0 Å². The van der Waals surface area contributed by atoms with Crippen molar-refractivity contribution < 1.29 is 13.9 Å². The molecule has 0 amide bonds. The molecule has 0 N–H and O–H groups in total. The van der Waals surface area contributed by atoms with Crippen LogP contribution in [0, 0.1) is 5.82 Å². The summed E-state index contributed by atoms with van der Waals surface area (Å²) in [6.07, 6.45) is 1.70. The monoisotopic (exact) mass is 237 g/mol. The third-order valence-electron chi connectivity index (χ3n) is 3.20. The van der Waals surface area contributed by atoms with Gasteiger partial charge in [0.2, 0.25) is 0 Å². The summed E-state index contributed by atoms with van der Waals surface area (Å²) in [4.78, 5) is 13.4. The molecule has 1 atom stereocenters. The van der Waals surface area contributed by atoms with E-state index in [2.05, 4.69) is 4.90 Å². The molecule has 1 heterocycles. The standard InChI is InChI=1S/C13H16FNO2/c1-17-13(16)12-7-9-15(12)8-6-10-2-4-11(14)5-3-10/h2-5,12H,6-9H2,1H3. The maximum atomic E-state index is 12.7. The molecule has 2 rings (SSSR count). The Kier molecular flexibility index (Phi) is 3.74. The molecule has 1 unspecified atom stereocenters. The predicted molar refractivity (Wildman–Crippen MR) is 62.1 cm³/mol. The Balaban J connectivity index is 1.82. The zero-order chi connectivity index (χ0) is 12.3. The van der Waals surface area contributed by atoms with Crippen LogP contribution >= 0.6 is 0 Å². The van der Waals surface area contributed by atoms with E-state index in [1.165, 1.54) is 19.2 Å². The number of hydrogen-bond donors (Lipinski definition) is 0. The van der Waals surface area contributed by atoms with Gasteiger partial charge in [0.1, 0.15) is 11.9 Å².